The average molecular weight is 279 g/mol. The number of benzene rings is 1. The molecule has 0 bridgehead atoms. The van der Waals surface area contributed by atoms with Crippen molar-refractivity contribution in [1.29, 1.82) is 0 Å². The number of nitrogens with zero attached hydrogens (tertiary/aromatic N) is 3. The number of halogens is 1. The molecule has 0 aliphatic rings. The van der Waals surface area contributed by atoms with Gasteiger partial charge in [0.1, 0.15) is 10.8 Å². The number of fused-ring (bicyclic) bond motifs is 1. The number of rotatable bonds is 1. The van der Waals surface area contributed by atoms with Gasteiger partial charge in [-0.05, 0) is 36.7 Å². The van der Waals surface area contributed by atoms with Gasteiger partial charge in [0.25, 0.3) is 0 Å². The highest BCUT2D eigenvalue weighted by atomic mass is 35.5. The van der Waals surface area contributed by atoms with Crippen molar-refractivity contribution >= 4 is 39.2 Å². The molecule has 0 aliphatic heterocycles. The Balaban J connectivity index is 2.34. The van der Waals surface area contributed by atoms with Crippen molar-refractivity contribution in [3.05, 3.63) is 28.9 Å². The van der Waals surface area contributed by atoms with Gasteiger partial charge in [0, 0.05) is 12.1 Å². The van der Waals surface area contributed by atoms with Gasteiger partial charge >= 0.3 is 0 Å². The minimum atomic E-state index is 0.681. The first-order valence-corrected chi connectivity index (χ1v) is 6.57. The van der Waals surface area contributed by atoms with Crippen molar-refractivity contribution in [1.82, 2.24) is 13.9 Å². The summed E-state index contributed by atoms with van der Waals surface area (Å²) in [6, 6.07) is 5.67. The average Bonchev–Trinajstić information content (AvgIpc) is 2.80. The monoisotopic (exact) mass is 278 g/mol. The third-order valence-electron chi connectivity index (χ3n) is 2.96. The molecule has 0 saturated heterocycles. The number of anilines is 1. The summed E-state index contributed by atoms with van der Waals surface area (Å²) in [5, 5.41) is 1.37. The Morgan fingerprint density at radius 1 is 1.39 bits per heavy atom. The molecule has 0 unspecified atom stereocenters. The molecule has 0 aliphatic carbocycles. The number of hydrogen-bond donors (Lipinski definition) is 1. The summed E-state index contributed by atoms with van der Waals surface area (Å²) < 4.78 is 6.27. The lowest BCUT2D eigenvalue weighted by molar-refractivity contribution is 0.958. The van der Waals surface area contributed by atoms with E-state index < -0.39 is 0 Å². The maximum absolute atomic E-state index is 5.98. The Morgan fingerprint density at radius 3 is 2.83 bits per heavy atom. The van der Waals surface area contributed by atoms with Crippen molar-refractivity contribution in [3.63, 3.8) is 0 Å². The Bertz CT molecular complexity index is 724. The van der Waals surface area contributed by atoms with Gasteiger partial charge in [0.15, 0.2) is 0 Å². The van der Waals surface area contributed by atoms with Crippen LogP contribution in [-0.2, 0) is 7.05 Å². The number of hydrogen-bond acceptors (Lipinski definition) is 4. The summed E-state index contributed by atoms with van der Waals surface area (Å²) >= 11 is 7.28. The number of nitrogens with two attached hydrogens (primary N) is 1. The van der Waals surface area contributed by atoms with Crippen molar-refractivity contribution in [2.24, 2.45) is 7.05 Å². The summed E-state index contributed by atoms with van der Waals surface area (Å²) in [6.07, 6.45) is 0. The lowest BCUT2D eigenvalue weighted by Gasteiger charge is -2.02. The van der Waals surface area contributed by atoms with Gasteiger partial charge in [-0.3, -0.25) is 0 Å². The molecule has 0 spiro atoms. The van der Waals surface area contributed by atoms with Crippen LogP contribution in [0.15, 0.2) is 18.2 Å². The van der Waals surface area contributed by atoms with Crippen LogP contribution in [0.3, 0.4) is 0 Å². The number of nitrogen functional groups attached to an aromatic ring is 1. The third-order valence-corrected chi connectivity index (χ3v) is 3.96. The summed E-state index contributed by atoms with van der Waals surface area (Å²) in [4.78, 5) is 4.60. The highest BCUT2D eigenvalue weighted by molar-refractivity contribution is 7.10. The summed E-state index contributed by atoms with van der Waals surface area (Å²) in [5.41, 5.74) is 9.68. The maximum atomic E-state index is 5.98. The Labute approximate surface area is 113 Å². The van der Waals surface area contributed by atoms with Crippen LogP contribution < -0.4 is 5.73 Å². The molecule has 0 radical (unpaired) electrons. The first kappa shape index (κ1) is 11.5. The molecule has 2 heterocycles. The summed E-state index contributed by atoms with van der Waals surface area (Å²) in [7, 11) is 1.97. The van der Waals surface area contributed by atoms with Crippen molar-refractivity contribution in [2.75, 3.05) is 5.73 Å². The molecule has 92 valence electrons. The quantitative estimate of drug-likeness (QED) is 0.743. The summed E-state index contributed by atoms with van der Waals surface area (Å²) in [5.74, 6) is 0.830. The number of aromatic nitrogens is 3. The summed E-state index contributed by atoms with van der Waals surface area (Å²) in [6.45, 7) is 1.94. The van der Waals surface area contributed by atoms with E-state index >= 15 is 0 Å². The first-order valence-electron chi connectivity index (χ1n) is 5.42. The Hall–Kier alpha value is -1.59. The second-order valence-electron chi connectivity index (χ2n) is 4.13. The predicted molar refractivity (Wildman–Crippen MR) is 76.0 cm³/mol. The number of imidazole rings is 1. The van der Waals surface area contributed by atoms with Crippen LogP contribution in [0.4, 0.5) is 5.00 Å². The SMILES string of the molecule is Cc1nsc(N)c1-c1nc2cc(Cl)ccc2n1C. The molecule has 3 rings (SSSR count). The highest BCUT2D eigenvalue weighted by Crippen LogP contribution is 2.33. The molecule has 0 amide bonds. The topological polar surface area (TPSA) is 56.7 Å². The predicted octanol–water partition coefficient (Wildman–Crippen LogP) is 3.24. The smallest absolute Gasteiger partial charge is 0.145 e. The van der Waals surface area contributed by atoms with E-state index in [1.54, 1.807) is 0 Å². The second kappa shape index (κ2) is 3.96. The fourth-order valence-electron chi connectivity index (χ4n) is 2.06. The zero-order valence-electron chi connectivity index (χ0n) is 9.94. The fourth-order valence-corrected chi connectivity index (χ4v) is 2.88. The van der Waals surface area contributed by atoms with Gasteiger partial charge in [-0.15, -0.1) is 0 Å². The van der Waals surface area contributed by atoms with Crippen molar-refractivity contribution < 1.29 is 0 Å². The molecular weight excluding hydrogens is 268 g/mol. The van der Waals surface area contributed by atoms with Crippen LogP contribution in [0.25, 0.3) is 22.4 Å². The lowest BCUT2D eigenvalue weighted by atomic mass is 10.2. The zero-order valence-corrected chi connectivity index (χ0v) is 11.5. The maximum Gasteiger partial charge on any atom is 0.145 e. The minimum Gasteiger partial charge on any atom is -0.389 e. The molecule has 4 nitrogen and oxygen atoms in total. The highest BCUT2D eigenvalue weighted by Gasteiger charge is 2.17. The number of aryl methyl sites for hydroxylation is 2. The van der Waals surface area contributed by atoms with Crippen molar-refractivity contribution in [2.45, 2.75) is 6.92 Å². The van der Waals surface area contributed by atoms with E-state index in [4.69, 9.17) is 17.3 Å². The van der Waals surface area contributed by atoms with E-state index in [1.165, 1.54) is 11.5 Å². The standard InChI is InChI=1S/C12H11ClN4S/c1-6-10(11(14)18-16-6)12-15-8-5-7(13)3-4-9(8)17(12)2/h3-5H,14H2,1-2H3. The van der Waals surface area contributed by atoms with Gasteiger partial charge in [0.2, 0.25) is 0 Å². The van der Waals surface area contributed by atoms with E-state index in [0.717, 1.165) is 28.1 Å². The molecule has 0 fully saturated rings. The second-order valence-corrected chi connectivity index (χ2v) is 5.38. The lowest BCUT2D eigenvalue weighted by Crippen LogP contribution is -1.95. The molecule has 2 aromatic heterocycles. The molecule has 0 atom stereocenters. The fraction of sp³-hybridized carbons (Fsp3) is 0.167. The largest absolute Gasteiger partial charge is 0.389 e. The van der Waals surface area contributed by atoms with Crippen LogP contribution in [-0.4, -0.2) is 13.9 Å². The Morgan fingerprint density at radius 2 is 2.17 bits per heavy atom. The molecule has 3 aromatic rings. The van der Waals surface area contributed by atoms with Gasteiger partial charge < -0.3 is 10.3 Å². The van der Waals surface area contributed by atoms with E-state index in [1.807, 2.05) is 36.7 Å². The van der Waals surface area contributed by atoms with E-state index in [-0.39, 0.29) is 0 Å². The molecule has 2 N–H and O–H groups in total. The van der Waals surface area contributed by atoms with Crippen LogP contribution in [0.1, 0.15) is 5.69 Å². The third kappa shape index (κ3) is 1.59. The molecule has 0 saturated carbocycles. The van der Waals surface area contributed by atoms with Crippen LogP contribution >= 0.6 is 23.1 Å². The van der Waals surface area contributed by atoms with E-state index in [2.05, 4.69) is 9.36 Å². The van der Waals surface area contributed by atoms with Gasteiger partial charge in [-0.25, -0.2) is 4.98 Å². The van der Waals surface area contributed by atoms with Crippen LogP contribution in [0.2, 0.25) is 5.02 Å². The normalized spacial score (nSPS) is 11.3. The zero-order chi connectivity index (χ0) is 12.9. The van der Waals surface area contributed by atoms with Gasteiger partial charge in [-0.2, -0.15) is 4.37 Å². The van der Waals surface area contributed by atoms with Crippen molar-refractivity contribution in [3.8, 4) is 11.4 Å². The molecular formula is C12H11ClN4S. The Kier molecular flexibility index (Phi) is 2.53. The van der Waals surface area contributed by atoms with Crippen LogP contribution in [0, 0.1) is 6.92 Å². The van der Waals surface area contributed by atoms with Crippen LogP contribution in [0.5, 0.6) is 0 Å². The molecule has 18 heavy (non-hydrogen) atoms. The van der Waals surface area contributed by atoms with Gasteiger partial charge in [0.05, 0.1) is 22.3 Å². The molecule has 1 aromatic carbocycles. The van der Waals surface area contributed by atoms with E-state index in [0.29, 0.717) is 10.0 Å². The minimum absolute atomic E-state index is 0.681. The molecule has 6 heteroatoms. The van der Waals surface area contributed by atoms with E-state index in [9.17, 15) is 0 Å². The van der Waals surface area contributed by atoms with Gasteiger partial charge in [-0.1, -0.05) is 11.6 Å². The first-order chi connectivity index (χ1) is 8.58.